The molecule has 0 aromatic carbocycles. The Balaban J connectivity index is 3.30. The van der Waals surface area contributed by atoms with Gasteiger partial charge in [-0.1, -0.05) is 6.92 Å². The van der Waals surface area contributed by atoms with Gasteiger partial charge in [-0.25, -0.2) is 0 Å². The summed E-state index contributed by atoms with van der Waals surface area (Å²) in [6.07, 6.45) is 2.38. The van der Waals surface area contributed by atoms with Crippen molar-refractivity contribution in [1.29, 1.82) is 0 Å². The Morgan fingerprint density at radius 3 is 2.14 bits per heavy atom. The molecule has 4 nitrogen and oxygen atoms in total. The van der Waals surface area contributed by atoms with Crippen LogP contribution in [-0.4, -0.2) is 50.7 Å². The third kappa shape index (κ3) is 8.44. The zero-order valence-corrected chi connectivity index (χ0v) is 9.47. The zero-order valence-electron chi connectivity index (χ0n) is 9.47. The maximum Gasteiger partial charge on any atom is 0.0105 e. The first-order valence-electron chi connectivity index (χ1n) is 5.68. The Bertz CT molecular complexity index is 102. The minimum atomic E-state index is 0.725. The minimum Gasteiger partial charge on any atom is -0.329 e. The molecule has 0 aromatic rings. The molecule has 0 aliphatic heterocycles. The monoisotopic (exact) mass is 202 g/mol. The van der Waals surface area contributed by atoms with Crippen LogP contribution in [0.5, 0.6) is 0 Å². The van der Waals surface area contributed by atoms with Gasteiger partial charge in [0.2, 0.25) is 0 Å². The predicted molar refractivity (Wildman–Crippen MR) is 62.3 cm³/mol. The van der Waals surface area contributed by atoms with E-state index >= 15 is 0 Å². The summed E-state index contributed by atoms with van der Waals surface area (Å²) in [4.78, 5) is 2.33. The Kier molecular flexibility index (Phi) is 10.8. The van der Waals surface area contributed by atoms with Crippen LogP contribution in [0.4, 0.5) is 0 Å². The van der Waals surface area contributed by atoms with Gasteiger partial charge in [0.15, 0.2) is 0 Å². The highest BCUT2D eigenvalue weighted by atomic mass is 15.1. The maximum atomic E-state index is 5.51. The molecule has 0 bridgehead atoms. The minimum absolute atomic E-state index is 0.725. The van der Waals surface area contributed by atoms with E-state index in [4.69, 9.17) is 11.5 Å². The van der Waals surface area contributed by atoms with Gasteiger partial charge in [0.05, 0.1) is 0 Å². The summed E-state index contributed by atoms with van der Waals surface area (Å²) in [5.74, 6) is 0. The van der Waals surface area contributed by atoms with Crippen molar-refractivity contribution in [2.45, 2.75) is 19.8 Å². The van der Waals surface area contributed by atoms with Gasteiger partial charge in [-0.2, -0.15) is 0 Å². The van der Waals surface area contributed by atoms with Gasteiger partial charge in [-0.15, -0.1) is 0 Å². The molecule has 0 radical (unpaired) electrons. The lowest BCUT2D eigenvalue weighted by atomic mass is 10.3. The molecule has 0 aliphatic rings. The summed E-state index contributed by atoms with van der Waals surface area (Å²) in [7, 11) is 0. The van der Waals surface area contributed by atoms with Gasteiger partial charge in [0.25, 0.3) is 0 Å². The third-order valence-electron chi connectivity index (χ3n) is 2.15. The number of nitrogens with one attached hydrogen (secondary N) is 1. The summed E-state index contributed by atoms with van der Waals surface area (Å²) < 4.78 is 0. The van der Waals surface area contributed by atoms with Gasteiger partial charge in [-0.05, 0) is 32.5 Å². The Hall–Kier alpha value is -0.160. The van der Waals surface area contributed by atoms with Crippen molar-refractivity contribution in [3.05, 3.63) is 0 Å². The van der Waals surface area contributed by atoms with E-state index in [0.717, 1.165) is 45.8 Å². The molecule has 4 heteroatoms. The van der Waals surface area contributed by atoms with Crippen molar-refractivity contribution in [3.63, 3.8) is 0 Å². The van der Waals surface area contributed by atoms with E-state index in [1.165, 1.54) is 12.8 Å². The number of nitrogens with two attached hydrogens (primary N) is 2. The van der Waals surface area contributed by atoms with Crippen molar-refractivity contribution < 1.29 is 0 Å². The fourth-order valence-electron chi connectivity index (χ4n) is 1.43. The maximum absolute atomic E-state index is 5.51. The van der Waals surface area contributed by atoms with Crippen molar-refractivity contribution in [1.82, 2.24) is 10.2 Å². The Morgan fingerprint density at radius 1 is 1.00 bits per heavy atom. The second-order valence-electron chi connectivity index (χ2n) is 3.52. The van der Waals surface area contributed by atoms with E-state index in [9.17, 15) is 0 Å². The molecule has 0 unspecified atom stereocenters. The average molecular weight is 202 g/mol. The van der Waals surface area contributed by atoms with Gasteiger partial charge in [0.1, 0.15) is 0 Å². The van der Waals surface area contributed by atoms with E-state index < -0.39 is 0 Å². The number of rotatable bonds is 10. The highest BCUT2D eigenvalue weighted by molar-refractivity contribution is 4.60. The molecule has 86 valence electrons. The van der Waals surface area contributed by atoms with Crippen LogP contribution in [0.25, 0.3) is 0 Å². The molecule has 0 saturated carbocycles. The molecule has 0 amide bonds. The molecule has 14 heavy (non-hydrogen) atoms. The average Bonchev–Trinajstić information content (AvgIpc) is 2.18. The summed E-state index contributed by atoms with van der Waals surface area (Å²) >= 11 is 0. The molecule has 0 fully saturated rings. The SMILES string of the molecule is CCCNCCCN(CCN)CCN. The normalized spacial score (nSPS) is 11.1. The van der Waals surface area contributed by atoms with E-state index in [1.807, 2.05) is 0 Å². The summed E-state index contributed by atoms with van der Waals surface area (Å²) in [5.41, 5.74) is 11.0. The van der Waals surface area contributed by atoms with E-state index in [-0.39, 0.29) is 0 Å². The van der Waals surface area contributed by atoms with Crippen molar-refractivity contribution >= 4 is 0 Å². The van der Waals surface area contributed by atoms with E-state index in [0.29, 0.717) is 0 Å². The first-order valence-corrected chi connectivity index (χ1v) is 5.68. The molecule has 0 aliphatic carbocycles. The van der Waals surface area contributed by atoms with Gasteiger partial charge in [0, 0.05) is 26.2 Å². The Morgan fingerprint density at radius 2 is 1.64 bits per heavy atom. The van der Waals surface area contributed by atoms with Crippen LogP contribution in [0, 0.1) is 0 Å². The number of hydrogen-bond acceptors (Lipinski definition) is 4. The lowest BCUT2D eigenvalue weighted by Crippen LogP contribution is -2.35. The Labute approximate surface area is 88.0 Å². The molecule has 0 spiro atoms. The second kappa shape index (κ2) is 10.9. The van der Waals surface area contributed by atoms with Crippen LogP contribution < -0.4 is 16.8 Å². The second-order valence-corrected chi connectivity index (χ2v) is 3.52. The van der Waals surface area contributed by atoms with Gasteiger partial charge < -0.3 is 21.7 Å². The summed E-state index contributed by atoms with van der Waals surface area (Å²) in [6, 6.07) is 0. The smallest absolute Gasteiger partial charge is 0.0105 e. The lowest BCUT2D eigenvalue weighted by Gasteiger charge is -2.20. The van der Waals surface area contributed by atoms with Crippen molar-refractivity contribution in [3.8, 4) is 0 Å². The van der Waals surface area contributed by atoms with Gasteiger partial charge >= 0.3 is 0 Å². The largest absolute Gasteiger partial charge is 0.329 e. The fraction of sp³-hybridized carbons (Fsp3) is 1.00. The lowest BCUT2D eigenvalue weighted by molar-refractivity contribution is 0.284. The molecule has 5 N–H and O–H groups in total. The molecule has 0 heterocycles. The van der Waals surface area contributed by atoms with Crippen LogP contribution in [0.3, 0.4) is 0 Å². The first-order chi connectivity index (χ1) is 6.85. The number of nitrogens with zero attached hydrogens (tertiary/aromatic N) is 1. The quantitative estimate of drug-likeness (QED) is 0.422. The summed E-state index contributed by atoms with van der Waals surface area (Å²) in [6.45, 7) is 8.88. The molecule has 0 saturated heterocycles. The number of hydrogen-bond donors (Lipinski definition) is 3. The molecular weight excluding hydrogens is 176 g/mol. The van der Waals surface area contributed by atoms with Crippen LogP contribution in [0.15, 0.2) is 0 Å². The molecular formula is C10H26N4. The van der Waals surface area contributed by atoms with Crippen LogP contribution in [-0.2, 0) is 0 Å². The highest BCUT2D eigenvalue weighted by Crippen LogP contribution is 1.89. The van der Waals surface area contributed by atoms with Crippen LogP contribution in [0.1, 0.15) is 19.8 Å². The standard InChI is InChI=1S/C10H26N4/c1-2-6-13-7-3-8-14(9-4-11)10-5-12/h13H,2-12H2,1H3. The molecule has 0 atom stereocenters. The van der Waals surface area contributed by atoms with Crippen LogP contribution >= 0.6 is 0 Å². The van der Waals surface area contributed by atoms with E-state index in [2.05, 4.69) is 17.1 Å². The van der Waals surface area contributed by atoms with Crippen molar-refractivity contribution in [2.75, 3.05) is 45.8 Å². The molecule has 0 aromatic heterocycles. The third-order valence-corrected chi connectivity index (χ3v) is 2.15. The van der Waals surface area contributed by atoms with Gasteiger partial charge in [-0.3, -0.25) is 0 Å². The zero-order chi connectivity index (χ0) is 10.6. The van der Waals surface area contributed by atoms with Crippen LogP contribution in [0.2, 0.25) is 0 Å². The predicted octanol–water partition coefficient (Wildman–Crippen LogP) is -0.404. The molecule has 0 rings (SSSR count). The summed E-state index contributed by atoms with van der Waals surface area (Å²) in [5, 5.41) is 3.39. The highest BCUT2D eigenvalue weighted by Gasteiger charge is 2.01. The fourth-order valence-corrected chi connectivity index (χ4v) is 1.43. The van der Waals surface area contributed by atoms with Crippen molar-refractivity contribution in [2.24, 2.45) is 11.5 Å². The topological polar surface area (TPSA) is 67.3 Å². The van der Waals surface area contributed by atoms with E-state index in [1.54, 1.807) is 0 Å². The first kappa shape index (κ1) is 13.8.